The Hall–Kier alpha value is -2.34. The molecule has 0 aliphatic heterocycles. The molecule has 25 heavy (non-hydrogen) atoms. The van der Waals surface area contributed by atoms with E-state index in [0.29, 0.717) is 0 Å². The monoisotopic (exact) mass is 360 g/mol. The quantitative estimate of drug-likeness (QED) is 0.605. The van der Waals surface area contributed by atoms with Gasteiger partial charge in [0.1, 0.15) is 10.6 Å². The Labute approximate surface area is 147 Å². The van der Waals surface area contributed by atoms with Crippen molar-refractivity contribution in [2.24, 2.45) is 0 Å². The predicted octanol–water partition coefficient (Wildman–Crippen LogP) is 3.05. The van der Waals surface area contributed by atoms with Gasteiger partial charge in [0.15, 0.2) is 0 Å². The van der Waals surface area contributed by atoms with Crippen LogP contribution in [-0.4, -0.2) is 21.5 Å². The molecule has 1 aliphatic rings. The minimum atomic E-state index is -3.88. The molecule has 0 heterocycles. The molecule has 0 amide bonds. The van der Waals surface area contributed by atoms with Crippen LogP contribution in [0.5, 0.6) is 5.75 Å². The molecule has 0 unspecified atom stereocenters. The maximum absolute atomic E-state index is 12.5. The third-order valence-electron chi connectivity index (χ3n) is 4.31. The molecule has 0 aromatic heterocycles. The Kier molecular flexibility index (Phi) is 5.08. The van der Waals surface area contributed by atoms with Crippen molar-refractivity contribution >= 4 is 16.1 Å². The summed E-state index contributed by atoms with van der Waals surface area (Å²) in [6, 6.07) is 11.6. The fourth-order valence-corrected chi connectivity index (χ4v) is 3.92. The summed E-state index contributed by atoms with van der Waals surface area (Å²) in [6.07, 6.45) is 4.26. The van der Waals surface area contributed by atoms with Gasteiger partial charge < -0.3 is 8.92 Å². The molecule has 0 radical (unpaired) electrons. The van der Waals surface area contributed by atoms with Gasteiger partial charge in [0.25, 0.3) is 0 Å². The Bertz CT molecular complexity index is 869. The second-order valence-corrected chi connectivity index (χ2v) is 7.62. The first kappa shape index (κ1) is 17.5. The zero-order chi connectivity index (χ0) is 17.9. The summed E-state index contributed by atoms with van der Waals surface area (Å²) in [5.74, 6) is -0.137. The lowest BCUT2D eigenvalue weighted by Crippen LogP contribution is -2.12. The molecule has 132 valence electrons. The van der Waals surface area contributed by atoms with Crippen LogP contribution in [0.3, 0.4) is 0 Å². The van der Waals surface area contributed by atoms with Crippen LogP contribution in [0, 0.1) is 0 Å². The van der Waals surface area contributed by atoms with Gasteiger partial charge in [-0.25, -0.2) is 0 Å². The smallest absolute Gasteiger partial charge is 0.339 e. The van der Waals surface area contributed by atoms with E-state index in [1.807, 2.05) is 6.07 Å². The molecule has 0 saturated carbocycles. The summed E-state index contributed by atoms with van der Waals surface area (Å²) < 4.78 is 34.8. The van der Waals surface area contributed by atoms with Crippen molar-refractivity contribution in [1.82, 2.24) is 0 Å². The molecule has 2 aromatic carbocycles. The van der Waals surface area contributed by atoms with Crippen LogP contribution < -0.4 is 4.18 Å². The summed E-state index contributed by atoms with van der Waals surface area (Å²) in [7, 11) is -2.55. The lowest BCUT2D eigenvalue weighted by molar-refractivity contribution is -0.139. The molecule has 0 atom stereocenters. The SMILES string of the molecule is COC(=O)Cc1ccc(OS(=O)(=O)c2ccc3c(c2)CCCC3)cc1. The maximum Gasteiger partial charge on any atom is 0.339 e. The maximum atomic E-state index is 12.5. The Morgan fingerprint density at radius 1 is 1.00 bits per heavy atom. The fraction of sp³-hybridized carbons (Fsp3) is 0.316. The van der Waals surface area contributed by atoms with Crippen molar-refractivity contribution < 1.29 is 22.1 Å². The Balaban J connectivity index is 1.76. The molecule has 0 fully saturated rings. The van der Waals surface area contributed by atoms with E-state index in [0.717, 1.165) is 36.8 Å². The molecule has 6 heteroatoms. The lowest BCUT2D eigenvalue weighted by atomic mass is 9.92. The van der Waals surface area contributed by atoms with Crippen LogP contribution >= 0.6 is 0 Å². The highest BCUT2D eigenvalue weighted by atomic mass is 32.2. The first-order valence-electron chi connectivity index (χ1n) is 8.20. The lowest BCUT2D eigenvalue weighted by Gasteiger charge is -2.16. The fourth-order valence-electron chi connectivity index (χ4n) is 2.94. The van der Waals surface area contributed by atoms with E-state index in [4.69, 9.17) is 4.18 Å². The Morgan fingerprint density at radius 3 is 2.36 bits per heavy atom. The summed E-state index contributed by atoms with van der Waals surface area (Å²) in [6.45, 7) is 0. The van der Waals surface area contributed by atoms with E-state index in [2.05, 4.69) is 4.74 Å². The van der Waals surface area contributed by atoms with Gasteiger partial charge in [0.2, 0.25) is 0 Å². The predicted molar refractivity (Wildman–Crippen MR) is 93.1 cm³/mol. The molecular weight excluding hydrogens is 340 g/mol. The number of carbonyl (C=O) groups excluding carboxylic acids is 1. The van der Waals surface area contributed by atoms with Gasteiger partial charge in [-0.2, -0.15) is 8.42 Å². The first-order chi connectivity index (χ1) is 12.0. The van der Waals surface area contributed by atoms with Crippen LogP contribution in [0.4, 0.5) is 0 Å². The van der Waals surface area contributed by atoms with E-state index < -0.39 is 10.1 Å². The molecule has 2 aromatic rings. The molecule has 1 aliphatic carbocycles. The minimum absolute atomic E-state index is 0.133. The van der Waals surface area contributed by atoms with Crippen LogP contribution in [0.1, 0.15) is 29.5 Å². The van der Waals surface area contributed by atoms with Gasteiger partial charge in [0.05, 0.1) is 13.5 Å². The van der Waals surface area contributed by atoms with E-state index in [1.165, 1.54) is 24.8 Å². The topological polar surface area (TPSA) is 69.7 Å². The van der Waals surface area contributed by atoms with Crippen molar-refractivity contribution in [3.63, 3.8) is 0 Å². The highest BCUT2D eigenvalue weighted by Crippen LogP contribution is 2.26. The van der Waals surface area contributed by atoms with Gasteiger partial charge in [0, 0.05) is 0 Å². The van der Waals surface area contributed by atoms with Gasteiger partial charge in [-0.05, 0) is 66.6 Å². The zero-order valence-corrected chi connectivity index (χ0v) is 14.8. The second kappa shape index (κ2) is 7.27. The van der Waals surface area contributed by atoms with Gasteiger partial charge in [-0.3, -0.25) is 4.79 Å². The van der Waals surface area contributed by atoms with E-state index >= 15 is 0 Å². The number of ether oxygens (including phenoxy) is 1. The van der Waals surface area contributed by atoms with Gasteiger partial charge in [-0.1, -0.05) is 18.2 Å². The van der Waals surface area contributed by atoms with Crippen molar-refractivity contribution in [3.8, 4) is 5.75 Å². The third kappa shape index (κ3) is 4.20. The molecule has 5 nitrogen and oxygen atoms in total. The van der Waals surface area contributed by atoms with Crippen molar-refractivity contribution in [2.45, 2.75) is 37.0 Å². The minimum Gasteiger partial charge on any atom is -0.469 e. The zero-order valence-electron chi connectivity index (χ0n) is 14.0. The first-order valence-corrected chi connectivity index (χ1v) is 9.61. The van der Waals surface area contributed by atoms with Gasteiger partial charge >= 0.3 is 16.1 Å². The highest BCUT2D eigenvalue weighted by molar-refractivity contribution is 7.87. The summed E-state index contributed by atoms with van der Waals surface area (Å²) in [4.78, 5) is 11.4. The molecule has 0 spiro atoms. The Morgan fingerprint density at radius 2 is 1.68 bits per heavy atom. The van der Waals surface area contributed by atoms with E-state index in [-0.39, 0.29) is 23.0 Å². The number of esters is 1. The average Bonchev–Trinajstić information content (AvgIpc) is 2.62. The van der Waals surface area contributed by atoms with E-state index in [1.54, 1.807) is 24.3 Å². The normalized spacial score (nSPS) is 13.8. The van der Waals surface area contributed by atoms with Crippen LogP contribution in [0.15, 0.2) is 47.4 Å². The molecule has 0 bridgehead atoms. The molecular formula is C19H20O5S. The summed E-state index contributed by atoms with van der Waals surface area (Å²) in [5, 5.41) is 0. The highest BCUT2D eigenvalue weighted by Gasteiger charge is 2.19. The summed E-state index contributed by atoms with van der Waals surface area (Å²) >= 11 is 0. The number of carbonyl (C=O) groups is 1. The number of methoxy groups -OCH3 is 1. The molecule has 0 saturated heterocycles. The van der Waals surface area contributed by atoms with Crippen LogP contribution in [0.2, 0.25) is 0 Å². The number of hydrogen-bond acceptors (Lipinski definition) is 5. The number of aryl methyl sites for hydroxylation is 2. The van der Waals surface area contributed by atoms with Gasteiger partial charge in [-0.15, -0.1) is 0 Å². The largest absolute Gasteiger partial charge is 0.469 e. The number of hydrogen-bond donors (Lipinski definition) is 0. The average molecular weight is 360 g/mol. The van der Waals surface area contributed by atoms with Crippen molar-refractivity contribution in [3.05, 3.63) is 59.2 Å². The van der Waals surface area contributed by atoms with Crippen molar-refractivity contribution in [1.29, 1.82) is 0 Å². The number of fused-ring (bicyclic) bond motifs is 1. The van der Waals surface area contributed by atoms with Crippen molar-refractivity contribution in [2.75, 3.05) is 7.11 Å². The number of rotatable bonds is 5. The standard InChI is InChI=1S/C19H20O5S/c1-23-19(20)12-14-6-9-17(10-7-14)24-25(21,22)18-11-8-15-4-2-3-5-16(15)13-18/h6-11,13H,2-5,12H2,1H3. The molecule has 0 N–H and O–H groups in total. The molecule has 3 rings (SSSR count). The number of benzene rings is 2. The third-order valence-corrected chi connectivity index (χ3v) is 5.56. The summed E-state index contributed by atoms with van der Waals surface area (Å²) in [5.41, 5.74) is 3.03. The van der Waals surface area contributed by atoms with Crippen LogP contribution in [0.25, 0.3) is 0 Å². The van der Waals surface area contributed by atoms with Crippen LogP contribution in [-0.2, 0) is 38.9 Å². The van der Waals surface area contributed by atoms with E-state index in [9.17, 15) is 13.2 Å². The second-order valence-electron chi connectivity index (χ2n) is 6.07.